The Morgan fingerprint density at radius 3 is 2.19 bits per heavy atom. The molecule has 0 heterocycles. The number of rotatable bonds is 12. The van der Waals surface area contributed by atoms with Crippen molar-refractivity contribution in [1.29, 1.82) is 0 Å². The summed E-state index contributed by atoms with van der Waals surface area (Å²) >= 11 is 0. The Labute approximate surface area is 184 Å². The van der Waals surface area contributed by atoms with Crippen molar-refractivity contribution < 1.29 is 19.7 Å². The maximum absolute atomic E-state index is 9.35. The summed E-state index contributed by atoms with van der Waals surface area (Å²) in [6.07, 6.45) is 2.05. The first-order chi connectivity index (χ1) is 15.1. The van der Waals surface area contributed by atoms with E-state index in [2.05, 4.69) is 0 Å². The highest BCUT2D eigenvalue weighted by Crippen LogP contribution is 2.23. The highest BCUT2D eigenvalue weighted by Gasteiger charge is 2.22. The number of aryl methyl sites for hydroxylation is 1. The molecule has 5 nitrogen and oxygen atoms in total. The molecule has 0 fully saturated rings. The average Bonchev–Trinajstić information content (AvgIpc) is 2.83. The molecule has 0 amide bonds. The van der Waals surface area contributed by atoms with Crippen LogP contribution >= 0.6 is 0 Å². The van der Waals surface area contributed by atoms with Gasteiger partial charge in [-0.3, -0.25) is 0 Å². The summed E-state index contributed by atoms with van der Waals surface area (Å²) in [5, 5.41) is 18.7. The molecule has 164 valence electrons. The molecule has 31 heavy (non-hydrogen) atoms. The molecular weight excluding hydrogens is 390 g/mol. The van der Waals surface area contributed by atoms with Crippen LogP contribution < -0.4 is 15.2 Å². The smallest absolute Gasteiger partial charge is 0.122 e. The molecule has 0 atom stereocenters. The molecule has 3 rings (SSSR count). The van der Waals surface area contributed by atoms with E-state index in [0.29, 0.717) is 19.6 Å². The predicted molar refractivity (Wildman–Crippen MR) is 122 cm³/mol. The highest BCUT2D eigenvalue weighted by atomic mass is 16.5. The summed E-state index contributed by atoms with van der Waals surface area (Å²) in [5.41, 5.74) is 8.27. The van der Waals surface area contributed by atoms with Crippen molar-refractivity contribution in [3.05, 3.63) is 95.6 Å². The van der Waals surface area contributed by atoms with Crippen molar-refractivity contribution in [2.75, 3.05) is 13.2 Å². The Kier molecular flexibility index (Phi) is 8.47. The maximum atomic E-state index is 9.35. The van der Waals surface area contributed by atoms with Crippen LogP contribution in [-0.2, 0) is 19.6 Å². The van der Waals surface area contributed by atoms with Gasteiger partial charge in [0.15, 0.2) is 0 Å². The van der Waals surface area contributed by atoms with Gasteiger partial charge < -0.3 is 25.4 Å². The summed E-state index contributed by atoms with van der Waals surface area (Å²) in [4.78, 5) is 0. The molecule has 0 bridgehead atoms. The van der Waals surface area contributed by atoms with Gasteiger partial charge in [-0.15, -0.1) is 0 Å². The number of para-hydroxylation sites is 1. The molecule has 3 aromatic carbocycles. The molecule has 0 saturated carbocycles. The predicted octanol–water partition coefficient (Wildman–Crippen LogP) is 3.85. The Morgan fingerprint density at radius 1 is 0.742 bits per heavy atom. The second-order valence-electron chi connectivity index (χ2n) is 7.85. The molecule has 0 aliphatic carbocycles. The van der Waals surface area contributed by atoms with Gasteiger partial charge in [-0.25, -0.2) is 0 Å². The number of aliphatic hydroxyl groups excluding tert-OH is 2. The molecule has 0 aliphatic heterocycles. The van der Waals surface area contributed by atoms with E-state index in [1.54, 1.807) is 0 Å². The number of benzene rings is 3. The molecule has 0 radical (unpaired) electrons. The van der Waals surface area contributed by atoms with Gasteiger partial charge in [0.1, 0.15) is 24.7 Å². The molecular formula is C26H31NO4. The molecule has 5 heteroatoms. The summed E-state index contributed by atoms with van der Waals surface area (Å²) < 4.78 is 12.0. The number of hydrogen-bond donors (Lipinski definition) is 3. The fourth-order valence-corrected chi connectivity index (χ4v) is 3.32. The van der Waals surface area contributed by atoms with E-state index in [4.69, 9.17) is 15.2 Å². The van der Waals surface area contributed by atoms with Crippen LogP contribution in [0.15, 0.2) is 78.9 Å². The van der Waals surface area contributed by atoms with Gasteiger partial charge in [-0.05, 0) is 54.2 Å². The molecule has 4 N–H and O–H groups in total. The van der Waals surface area contributed by atoms with Crippen LogP contribution in [0.25, 0.3) is 0 Å². The zero-order valence-corrected chi connectivity index (χ0v) is 17.7. The molecule has 0 aliphatic rings. The van der Waals surface area contributed by atoms with Crippen LogP contribution in [0.1, 0.15) is 29.5 Å². The van der Waals surface area contributed by atoms with E-state index in [-0.39, 0.29) is 13.2 Å². The average molecular weight is 422 g/mol. The van der Waals surface area contributed by atoms with Gasteiger partial charge in [0.2, 0.25) is 0 Å². The van der Waals surface area contributed by atoms with Crippen LogP contribution in [0.3, 0.4) is 0 Å². The lowest BCUT2D eigenvalue weighted by Crippen LogP contribution is -2.47. The Bertz CT molecular complexity index is 925. The van der Waals surface area contributed by atoms with Crippen molar-refractivity contribution in [1.82, 2.24) is 0 Å². The normalized spacial score (nSPS) is 11.3. The van der Waals surface area contributed by atoms with Crippen molar-refractivity contribution in [2.24, 2.45) is 5.73 Å². The number of ether oxygens (including phenoxy) is 2. The molecule has 0 unspecified atom stereocenters. The fourth-order valence-electron chi connectivity index (χ4n) is 3.32. The van der Waals surface area contributed by atoms with E-state index >= 15 is 0 Å². The van der Waals surface area contributed by atoms with E-state index in [1.807, 2.05) is 78.9 Å². The third kappa shape index (κ3) is 7.10. The van der Waals surface area contributed by atoms with Gasteiger partial charge in [0.05, 0.1) is 18.8 Å². The van der Waals surface area contributed by atoms with Gasteiger partial charge in [-0.2, -0.15) is 0 Å². The minimum Gasteiger partial charge on any atom is -0.489 e. The fraction of sp³-hybridized carbons (Fsp3) is 0.308. The van der Waals surface area contributed by atoms with Crippen LogP contribution in [0, 0.1) is 0 Å². The maximum Gasteiger partial charge on any atom is 0.122 e. The highest BCUT2D eigenvalue weighted by molar-refractivity contribution is 5.34. The number of nitrogens with two attached hydrogens (primary N) is 1. The first-order valence-corrected chi connectivity index (χ1v) is 10.6. The SMILES string of the molecule is NC(CO)(CO)CCCc1ccccc1OCc1cccc(OCc2ccccc2)c1. The van der Waals surface area contributed by atoms with Crippen LogP contribution in [0.5, 0.6) is 11.5 Å². The standard InChI is InChI=1S/C26H31NO4/c27-26(19-28,20-29)15-7-12-23-11-4-5-14-25(23)31-18-22-10-6-13-24(16-22)30-17-21-8-2-1-3-9-21/h1-6,8-11,13-14,16,28-29H,7,12,15,17-20,27H2. The van der Waals surface area contributed by atoms with E-state index < -0.39 is 5.54 Å². The van der Waals surface area contributed by atoms with Gasteiger partial charge in [-0.1, -0.05) is 60.7 Å². The lowest BCUT2D eigenvalue weighted by molar-refractivity contribution is 0.113. The zero-order valence-electron chi connectivity index (χ0n) is 17.7. The molecule has 0 spiro atoms. The zero-order chi connectivity index (χ0) is 21.9. The van der Waals surface area contributed by atoms with E-state index in [1.165, 1.54) is 0 Å². The van der Waals surface area contributed by atoms with E-state index in [0.717, 1.165) is 41.0 Å². The Balaban J connectivity index is 1.55. The van der Waals surface area contributed by atoms with Crippen LogP contribution in [0.4, 0.5) is 0 Å². The lowest BCUT2D eigenvalue weighted by Gasteiger charge is -2.24. The largest absolute Gasteiger partial charge is 0.489 e. The minimum absolute atomic E-state index is 0.232. The van der Waals surface area contributed by atoms with Crippen LogP contribution in [-0.4, -0.2) is 29.0 Å². The van der Waals surface area contributed by atoms with Crippen molar-refractivity contribution in [3.8, 4) is 11.5 Å². The summed E-state index contributed by atoms with van der Waals surface area (Å²) in [6.45, 7) is 0.501. The summed E-state index contributed by atoms with van der Waals surface area (Å²) in [6, 6.07) is 25.9. The molecule has 0 saturated heterocycles. The number of aliphatic hydroxyl groups is 2. The molecule has 0 aromatic heterocycles. The quantitative estimate of drug-likeness (QED) is 0.414. The second-order valence-corrected chi connectivity index (χ2v) is 7.85. The van der Waals surface area contributed by atoms with Crippen molar-refractivity contribution >= 4 is 0 Å². The minimum atomic E-state index is -0.935. The molecule has 3 aromatic rings. The van der Waals surface area contributed by atoms with Gasteiger partial charge in [0.25, 0.3) is 0 Å². The summed E-state index contributed by atoms with van der Waals surface area (Å²) in [7, 11) is 0. The number of hydrogen-bond acceptors (Lipinski definition) is 5. The van der Waals surface area contributed by atoms with Gasteiger partial charge >= 0.3 is 0 Å². The summed E-state index contributed by atoms with van der Waals surface area (Å²) in [5.74, 6) is 1.64. The first-order valence-electron chi connectivity index (χ1n) is 10.6. The Morgan fingerprint density at radius 2 is 1.42 bits per heavy atom. The van der Waals surface area contributed by atoms with Gasteiger partial charge in [0, 0.05) is 0 Å². The monoisotopic (exact) mass is 421 g/mol. The van der Waals surface area contributed by atoms with Crippen LogP contribution in [0.2, 0.25) is 0 Å². The third-order valence-corrected chi connectivity index (χ3v) is 5.26. The third-order valence-electron chi connectivity index (χ3n) is 5.26. The first kappa shape index (κ1) is 22.8. The second kappa shape index (κ2) is 11.5. The topological polar surface area (TPSA) is 84.9 Å². The Hall–Kier alpha value is -2.86. The van der Waals surface area contributed by atoms with Crippen molar-refractivity contribution in [2.45, 2.75) is 38.0 Å². The lowest BCUT2D eigenvalue weighted by atomic mass is 9.94. The van der Waals surface area contributed by atoms with Crippen molar-refractivity contribution in [3.63, 3.8) is 0 Å². The van der Waals surface area contributed by atoms with E-state index in [9.17, 15) is 10.2 Å².